The standard InChI is InChI=1S/C6H10ClIO/c1-5(4-8)2-6(9)3-7/h4,6,9H,2-3H2,1H3/b5-4+/t6-/m1/s1. The van der Waals surface area contributed by atoms with Crippen LogP contribution >= 0.6 is 34.2 Å². The molecule has 0 unspecified atom stereocenters. The molecule has 54 valence electrons. The van der Waals surface area contributed by atoms with E-state index in [2.05, 4.69) is 22.6 Å². The zero-order valence-corrected chi connectivity index (χ0v) is 8.19. The fourth-order valence-corrected chi connectivity index (χ4v) is 0.834. The molecule has 0 fully saturated rings. The normalized spacial score (nSPS) is 15.8. The van der Waals surface area contributed by atoms with E-state index in [-0.39, 0.29) is 6.10 Å². The van der Waals surface area contributed by atoms with Crippen molar-refractivity contribution in [3.63, 3.8) is 0 Å². The molecule has 0 aromatic heterocycles. The lowest BCUT2D eigenvalue weighted by atomic mass is 10.2. The van der Waals surface area contributed by atoms with Gasteiger partial charge in [0.25, 0.3) is 0 Å². The van der Waals surface area contributed by atoms with Crippen LogP contribution < -0.4 is 0 Å². The van der Waals surface area contributed by atoms with Crippen molar-refractivity contribution in [3.8, 4) is 0 Å². The van der Waals surface area contributed by atoms with E-state index in [1.165, 1.54) is 5.57 Å². The number of aliphatic hydroxyl groups excluding tert-OH is 1. The molecule has 0 radical (unpaired) electrons. The lowest BCUT2D eigenvalue weighted by Crippen LogP contribution is -2.07. The van der Waals surface area contributed by atoms with E-state index in [9.17, 15) is 0 Å². The summed E-state index contributed by atoms with van der Waals surface area (Å²) in [5, 5.41) is 8.98. The molecule has 0 bridgehead atoms. The number of rotatable bonds is 3. The molecule has 0 amide bonds. The van der Waals surface area contributed by atoms with Gasteiger partial charge in [0.2, 0.25) is 0 Å². The van der Waals surface area contributed by atoms with Gasteiger partial charge in [-0.25, -0.2) is 0 Å². The number of alkyl halides is 1. The van der Waals surface area contributed by atoms with Gasteiger partial charge in [-0.2, -0.15) is 0 Å². The van der Waals surface area contributed by atoms with Crippen molar-refractivity contribution in [2.75, 3.05) is 5.88 Å². The third-order valence-electron chi connectivity index (χ3n) is 0.922. The average molecular weight is 261 g/mol. The molecule has 0 saturated heterocycles. The van der Waals surface area contributed by atoms with Crippen molar-refractivity contribution >= 4 is 34.2 Å². The zero-order chi connectivity index (χ0) is 7.28. The second-order valence-corrected chi connectivity index (χ2v) is 2.90. The van der Waals surface area contributed by atoms with Crippen LogP contribution in [0.1, 0.15) is 13.3 Å². The molecule has 1 N–H and O–H groups in total. The van der Waals surface area contributed by atoms with Gasteiger partial charge in [-0.1, -0.05) is 28.2 Å². The van der Waals surface area contributed by atoms with Crippen LogP contribution in [0.5, 0.6) is 0 Å². The van der Waals surface area contributed by atoms with Crippen molar-refractivity contribution < 1.29 is 5.11 Å². The van der Waals surface area contributed by atoms with E-state index >= 15 is 0 Å². The minimum Gasteiger partial charge on any atom is -0.392 e. The van der Waals surface area contributed by atoms with Gasteiger partial charge in [0.15, 0.2) is 0 Å². The third-order valence-corrected chi connectivity index (χ3v) is 2.34. The highest BCUT2D eigenvalue weighted by Gasteiger charge is 2.00. The van der Waals surface area contributed by atoms with Gasteiger partial charge < -0.3 is 5.11 Å². The minimum absolute atomic E-state index is 0.321. The first-order valence-electron chi connectivity index (χ1n) is 2.70. The van der Waals surface area contributed by atoms with E-state index in [4.69, 9.17) is 16.7 Å². The quantitative estimate of drug-likeness (QED) is 0.610. The molecule has 1 nitrogen and oxygen atoms in total. The number of hydrogen-bond acceptors (Lipinski definition) is 1. The lowest BCUT2D eigenvalue weighted by Gasteiger charge is -2.04. The fraction of sp³-hybridized carbons (Fsp3) is 0.667. The van der Waals surface area contributed by atoms with Crippen molar-refractivity contribution in [3.05, 3.63) is 9.66 Å². The van der Waals surface area contributed by atoms with Crippen LogP contribution in [0.4, 0.5) is 0 Å². The van der Waals surface area contributed by atoms with Gasteiger partial charge >= 0.3 is 0 Å². The Morgan fingerprint density at radius 2 is 2.44 bits per heavy atom. The molecular weight excluding hydrogens is 250 g/mol. The first kappa shape index (κ1) is 9.72. The predicted octanol–water partition coefficient (Wildman–Crippen LogP) is 2.32. The van der Waals surface area contributed by atoms with Crippen LogP contribution in [0.15, 0.2) is 9.66 Å². The first-order valence-corrected chi connectivity index (χ1v) is 4.48. The molecule has 0 aromatic rings. The molecule has 9 heavy (non-hydrogen) atoms. The molecule has 0 heterocycles. The summed E-state index contributed by atoms with van der Waals surface area (Å²) in [5.41, 5.74) is 1.17. The molecule has 0 saturated carbocycles. The number of halogens is 2. The zero-order valence-electron chi connectivity index (χ0n) is 5.27. The van der Waals surface area contributed by atoms with Crippen LogP contribution in [0.25, 0.3) is 0 Å². The summed E-state index contributed by atoms with van der Waals surface area (Å²) in [6.07, 6.45) is 0.310. The Morgan fingerprint density at radius 3 is 2.78 bits per heavy atom. The maximum Gasteiger partial charge on any atom is 0.0712 e. The van der Waals surface area contributed by atoms with Gasteiger partial charge in [-0.3, -0.25) is 0 Å². The smallest absolute Gasteiger partial charge is 0.0712 e. The molecule has 0 spiro atoms. The Bertz CT molecular complexity index is 103. The summed E-state index contributed by atoms with van der Waals surface area (Å²) < 4.78 is 1.95. The Balaban J connectivity index is 3.47. The SMILES string of the molecule is C/C(=C\I)C[C@@H](O)CCl. The molecule has 0 rings (SSSR count). The Labute approximate surface area is 74.2 Å². The van der Waals surface area contributed by atoms with Gasteiger partial charge in [0.05, 0.1) is 6.10 Å². The third kappa shape index (κ3) is 5.18. The average Bonchev–Trinajstić information content (AvgIpc) is 1.87. The van der Waals surface area contributed by atoms with Crippen molar-refractivity contribution in [1.29, 1.82) is 0 Å². The molecular formula is C6H10ClIO. The molecule has 1 atom stereocenters. The largest absolute Gasteiger partial charge is 0.392 e. The molecule has 0 aliphatic carbocycles. The summed E-state index contributed by atoms with van der Waals surface area (Å²) in [7, 11) is 0. The molecule has 0 aliphatic heterocycles. The number of hydrogen-bond donors (Lipinski definition) is 1. The Hall–Kier alpha value is 0.720. The van der Waals surface area contributed by atoms with E-state index in [0.717, 1.165) is 0 Å². The fourth-order valence-electron chi connectivity index (χ4n) is 0.471. The van der Waals surface area contributed by atoms with E-state index in [1.54, 1.807) is 0 Å². The van der Waals surface area contributed by atoms with Crippen molar-refractivity contribution in [1.82, 2.24) is 0 Å². The topological polar surface area (TPSA) is 20.2 Å². The summed E-state index contributed by atoms with van der Waals surface area (Å²) in [4.78, 5) is 0. The van der Waals surface area contributed by atoms with E-state index < -0.39 is 0 Å². The highest BCUT2D eigenvalue weighted by atomic mass is 127. The van der Waals surface area contributed by atoms with Crippen LogP contribution in [-0.4, -0.2) is 17.1 Å². The summed E-state index contributed by atoms with van der Waals surface area (Å²) in [5.74, 6) is 0.321. The second kappa shape index (κ2) is 5.50. The monoisotopic (exact) mass is 260 g/mol. The lowest BCUT2D eigenvalue weighted by molar-refractivity contribution is 0.198. The van der Waals surface area contributed by atoms with Crippen LogP contribution in [0.2, 0.25) is 0 Å². The second-order valence-electron chi connectivity index (χ2n) is 1.97. The predicted molar refractivity (Wildman–Crippen MR) is 49.1 cm³/mol. The summed E-state index contributed by atoms with van der Waals surface area (Å²) >= 11 is 7.52. The van der Waals surface area contributed by atoms with Gasteiger partial charge in [0, 0.05) is 5.88 Å². The molecule has 0 aliphatic rings. The van der Waals surface area contributed by atoms with Crippen molar-refractivity contribution in [2.24, 2.45) is 0 Å². The highest BCUT2D eigenvalue weighted by Crippen LogP contribution is 2.07. The van der Waals surface area contributed by atoms with Gasteiger partial charge in [-0.15, -0.1) is 11.6 Å². The van der Waals surface area contributed by atoms with E-state index in [0.29, 0.717) is 12.3 Å². The summed E-state index contributed by atoms with van der Waals surface area (Å²) in [6.45, 7) is 1.97. The highest BCUT2D eigenvalue weighted by molar-refractivity contribution is 14.1. The number of aliphatic hydroxyl groups is 1. The first-order chi connectivity index (χ1) is 4.20. The minimum atomic E-state index is -0.377. The molecule has 3 heteroatoms. The van der Waals surface area contributed by atoms with Crippen LogP contribution in [0.3, 0.4) is 0 Å². The van der Waals surface area contributed by atoms with Crippen molar-refractivity contribution in [2.45, 2.75) is 19.4 Å². The maximum absolute atomic E-state index is 8.98. The van der Waals surface area contributed by atoms with Gasteiger partial charge in [-0.05, 0) is 17.4 Å². The summed E-state index contributed by atoms with van der Waals surface area (Å²) in [6, 6.07) is 0. The van der Waals surface area contributed by atoms with Gasteiger partial charge in [0.1, 0.15) is 0 Å². The van der Waals surface area contributed by atoms with Crippen LogP contribution in [-0.2, 0) is 0 Å². The van der Waals surface area contributed by atoms with E-state index in [1.807, 2.05) is 11.0 Å². The van der Waals surface area contributed by atoms with Crippen LogP contribution in [0, 0.1) is 0 Å². The maximum atomic E-state index is 8.98. The Kier molecular flexibility index (Phi) is 5.94. The Morgan fingerprint density at radius 1 is 1.89 bits per heavy atom. The molecule has 0 aromatic carbocycles.